The zero-order chi connectivity index (χ0) is 33.5. The van der Waals surface area contributed by atoms with Crippen LogP contribution >= 0.6 is 46.5 Å². The molecule has 17 heteroatoms. The normalized spacial score (nSPS) is 19.8. The van der Waals surface area contributed by atoms with E-state index < -0.39 is 23.5 Å². The molecule has 1 aromatic carbocycles. The molecule has 3 aromatic rings. The number of hydrogen-bond donors (Lipinski definition) is 5. The fourth-order valence-corrected chi connectivity index (χ4v) is 8.21. The molecule has 3 atom stereocenters. The number of thiazole rings is 1. The largest absolute Gasteiger partial charge is 0.504 e. The highest BCUT2D eigenvalue weighted by atomic mass is 35.5. The number of β-lactam (4-membered cyclic amide) rings is 1. The number of phenolic OH excluding ortho intramolecular Hbond substituents is 2. The number of carboxylic acids is 1. The molecule has 1 saturated heterocycles. The van der Waals surface area contributed by atoms with Gasteiger partial charge in [-0.25, -0.2) is 9.78 Å². The fraction of sp³-hybridized carbons (Fsp3) is 0.310. The van der Waals surface area contributed by atoms with Gasteiger partial charge in [0, 0.05) is 45.2 Å². The number of anilines is 1. The van der Waals surface area contributed by atoms with Crippen molar-refractivity contribution < 1.29 is 39.1 Å². The Balaban J connectivity index is 1.26. The molecule has 0 unspecified atom stereocenters. The Bertz CT molecular complexity index is 1780. The Morgan fingerprint density at radius 1 is 1.26 bits per heavy atom. The highest BCUT2D eigenvalue weighted by Crippen LogP contribution is 2.45. The molecular weight excluding hydrogens is 676 g/mol. The molecule has 1 fully saturated rings. The summed E-state index contributed by atoms with van der Waals surface area (Å²) in [7, 11) is 0. The van der Waals surface area contributed by atoms with Crippen molar-refractivity contribution in [3.63, 3.8) is 0 Å². The lowest BCUT2D eigenvalue weighted by Crippen LogP contribution is -2.70. The molecule has 0 aliphatic carbocycles. The van der Waals surface area contributed by atoms with E-state index in [1.165, 1.54) is 25.3 Å². The number of benzene rings is 1. The van der Waals surface area contributed by atoms with Crippen LogP contribution in [0.2, 0.25) is 5.02 Å². The molecule has 46 heavy (non-hydrogen) atoms. The maximum absolute atomic E-state index is 13.3. The van der Waals surface area contributed by atoms with E-state index in [9.17, 15) is 29.7 Å². The van der Waals surface area contributed by atoms with Crippen LogP contribution in [0.15, 0.2) is 63.4 Å². The minimum absolute atomic E-state index is 0.0364. The van der Waals surface area contributed by atoms with Crippen LogP contribution in [-0.4, -0.2) is 76.7 Å². The smallest absolute Gasteiger partial charge is 0.350 e. The number of carbonyl (C=O) groups excluding carboxylic acids is 2. The van der Waals surface area contributed by atoms with Crippen LogP contribution in [0.25, 0.3) is 5.69 Å². The quantitative estimate of drug-likeness (QED) is 0.0518. The summed E-state index contributed by atoms with van der Waals surface area (Å²) in [6.45, 7) is 6.51. The summed E-state index contributed by atoms with van der Waals surface area (Å²) in [5.74, 6) is -2.37. The third-order valence-electron chi connectivity index (χ3n) is 7.40. The average Bonchev–Trinajstić information content (AvgIpc) is 3.44. The second-order valence-electron chi connectivity index (χ2n) is 10.9. The van der Waals surface area contributed by atoms with Crippen molar-refractivity contribution in [3.05, 3.63) is 64.0 Å². The van der Waals surface area contributed by atoms with Gasteiger partial charge in [0.2, 0.25) is 11.3 Å². The molecule has 0 radical (unpaired) electrons. The van der Waals surface area contributed by atoms with Gasteiger partial charge >= 0.3 is 5.97 Å². The molecule has 2 aromatic heterocycles. The Hall–Kier alpha value is -3.99. The Kier molecular flexibility index (Phi) is 9.45. The van der Waals surface area contributed by atoms with Crippen LogP contribution < -0.4 is 15.6 Å². The topological polar surface area (TPSA) is 192 Å². The standard InChI is InChI=1S/C29H29ClN6O7S3/c1-13-16(11-44-15-7-9-35(10-8-15)18-5-6-19(37)23(38)20(18)30)14(2)46-26-22(25(40)36(13)26)33-24(39)21(17-12-45-28(31)32-17)34-43-29(3,4)27(41)42/h5-10,12,14,22,26H,11H2,1-4H3,(H5-,31,32,33,34,37,38,39,41,42)/p+1/t14-,22+,26+/m0/s1. The first-order valence-electron chi connectivity index (χ1n) is 13.7. The molecule has 2 aliphatic rings. The van der Waals surface area contributed by atoms with Crippen LogP contribution in [0, 0.1) is 0 Å². The minimum atomic E-state index is -1.72. The average molecular weight is 706 g/mol. The number of oxime groups is 1. The lowest BCUT2D eigenvalue weighted by Gasteiger charge is -2.51. The number of aliphatic carboxylic acids is 1. The Morgan fingerprint density at radius 3 is 2.59 bits per heavy atom. The number of allylic oxidation sites excluding steroid dienone is 1. The van der Waals surface area contributed by atoms with Gasteiger partial charge in [0.25, 0.3) is 11.8 Å². The van der Waals surface area contributed by atoms with Gasteiger partial charge in [-0.15, -0.1) is 34.9 Å². The number of nitrogen functional groups attached to an aromatic ring is 1. The van der Waals surface area contributed by atoms with Crippen molar-refractivity contribution in [1.82, 2.24) is 15.2 Å². The first kappa shape index (κ1) is 33.4. The van der Waals surface area contributed by atoms with Gasteiger partial charge in [-0.3, -0.25) is 14.5 Å². The number of halogens is 1. The van der Waals surface area contributed by atoms with Crippen molar-refractivity contribution in [2.75, 3.05) is 11.5 Å². The van der Waals surface area contributed by atoms with Crippen molar-refractivity contribution in [2.45, 2.75) is 54.9 Å². The molecule has 2 amide bonds. The van der Waals surface area contributed by atoms with Gasteiger partial charge < -0.3 is 31.2 Å². The first-order valence-corrected chi connectivity index (χ1v) is 16.9. The van der Waals surface area contributed by atoms with E-state index in [0.717, 1.165) is 27.5 Å². The van der Waals surface area contributed by atoms with Crippen molar-refractivity contribution in [2.24, 2.45) is 5.16 Å². The zero-order valence-electron chi connectivity index (χ0n) is 24.9. The lowest BCUT2D eigenvalue weighted by atomic mass is 10.0. The van der Waals surface area contributed by atoms with Crippen LogP contribution in [0.1, 0.15) is 33.4 Å². The third-order valence-corrected chi connectivity index (χ3v) is 11.0. The maximum atomic E-state index is 13.3. The number of phenols is 2. The monoisotopic (exact) mass is 705 g/mol. The zero-order valence-corrected chi connectivity index (χ0v) is 28.1. The summed E-state index contributed by atoms with van der Waals surface area (Å²) >= 11 is 10.4. The first-order chi connectivity index (χ1) is 21.7. The molecule has 0 bridgehead atoms. The van der Waals surface area contributed by atoms with Crippen LogP contribution in [0.4, 0.5) is 5.13 Å². The fourth-order valence-electron chi connectivity index (χ4n) is 4.64. The van der Waals surface area contributed by atoms with Crippen LogP contribution in [0.5, 0.6) is 11.5 Å². The minimum Gasteiger partial charge on any atom is -0.504 e. The van der Waals surface area contributed by atoms with E-state index in [0.29, 0.717) is 11.4 Å². The second kappa shape index (κ2) is 13.0. The number of carbonyl (C=O) groups is 3. The Morgan fingerprint density at radius 2 is 1.96 bits per heavy atom. The molecule has 0 saturated carbocycles. The summed E-state index contributed by atoms with van der Waals surface area (Å²) in [5, 5.41) is 36.9. The highest BCUT2D eigenvalue weighted by molar-refractivity contribution is 8.01. The van der Waals surface area contributed by atoms with E-state index in [2.05, 4.69) is 15.5 Å². The number of rotatable bonds is 10. The van der Waals surface area contributed by atoms with E-state index in [1.807, 2.05) is 26.0 Å². The second-order valence-corrected chi connectivity index (χ2v) is 14.6. The number of nitrogens with one attached hydrogen (secondary N) is 1. The molecular formula is C29H30ClN6O7S3+. The number of hydrogen-bond acceptors (Lipinski definition) is 12. The Labute approximate surface area is 281 Å². The summed E-state index contributed by atoms with van der Waals surface area (Å²) in [4.78, 5) is 50.0. The maximum Gasteiger partial charge on any atom is 0.350 e. The number of thioether (sulfide) groups is 2. The van der Waals surface area contributed by atoms with E-state index in [1.54, 1.807) is 51.5 Å². The molecule has 0 spiro atoms. The number of nitrogens with two attached hydrogens (primary N) is 1. The molecule has 13 nitrogen and oxygen atoms in total. The van der Waals surface area contributed by atoms with Gasteiger partial charge in [0.05, 0.1) is 0 Å². The van der Waals surface area contributed by atoms with Gasteiger partial charge in [-0.2, -0.15) is 4.57 Å². The van der Waals surface area contributed by atoms with Gasteiger partial charge in [-0.1, -0.05) is 16.8 Å². The van der Waals surface area contributed by atoms with E-state index in [-0.39, 0.29) is 49.6 Å². The molecule has 4 heterocycles. The lowest BCUT2D eigenvalue weighted by molar-refractivity contribution is -0.596. The van der Waals surface area contributed by atoms with Gasteiger partial charge in [0.15, 0.2) is 39.8 Å². The molecule has 242 valence electrons. The summed E-state index contributed by atoms with van der Waals surface area (Å²) in [6, 6.07) is 5.94. The number of aromatic nitrogens is 2. The van der Waals surface area contributed by atoms with Crippen molar-refractivity contribution in [1.29, 1.82) is 0 Å². The number of nitrogens with zero attached hydrogens (tertiary/aromatic N) is 4. The summed E-state index contributed by atoms with van der Waals surface area (Å²) in [5.41, 5.74) is 6.25. The predicted octanol–water partition coefficient (Wildman–Crippen LogP) is 3.51. The third kappa shape index (κ3) is 6.47. The molecule has 2 aliphatic heterocycles. The SMILES string of the molecule is CC1=C(CSc2cc[n+](-c3ccc(O)c(O)c3Cl)cc2)[C@H](C)S[C@@H]2[C@H](NC(=O)/C(=N\OC(C)(C)C(=O)O)c3csc(N)n3)C(=O)N12. The van der Waals surface area contributed by atoms with Gasteiger partial charge in [0.1, 0.15) is 17.1 Å². The van der Waals surface area contributed by atoms with Gasteiger partial charge in [-0.05, 0) is 39.3 Å². The molecule has 5 rings (SSSR count). The predicted molar refractivity (Wildman–Crippen MR) is 175 cm³/mol. The molecule has 6 N–H and O–H groups in total. The number of amides is 2. The summed E-state index contributed by atoms with van der Waals surface area (Å²) < 4.78 is 1.73. The number of carboxylic acid groups (broad SMARTS) is 1. The van der Waals surface area contributed by atoms with E-state index >= 15 is 0 Å². The number of pyridine rings is 1. The van der Waals surface area contributed by atoms with Crippen molar-refractivity contribution in [3.8, 4) is 17.2 Å². The van der Waals surface area contributed by atoms with Crippen LogP contribution in [-0.2, 0) is 19.2 Å². The van der Waals surface area contributed by atoms with Crippen LogP contribution in [0.3, 0.4) is 0 Å². The number of aromatic hydroxyl groups is 2. The van der Waals surface area contributed by atoms with E-state index in [4.69, 9.17) is 22.2 Å². The summed E-state index contributed by atoms with van der Waals surface area (Å²) in [6.07, 6.45) is 3.60. The number of fused-ring (bicyclic) bond motifs is 1. The highest BCUT2D eigenvalue weighted by Gasteiger charge is 2.53. The van der Waals surface area contributed by atoms with Crippen molar-refractivity contribution >= 4 is 75.1 Å².